The summed E-state index contributed by atoms with van der Waals surface area (Å²) in [4.78, 5) is 44.1. The molecular weight excluding hydrogens is 516 g/mol. The maximum atomic E-state index is 15.1. The summed E-state index contributed by atoms with van der Waals surface area (Å²) in [7, 11) is -1.06. The van der Waals surface area contributed by atoms with E-state index >= 15 is 4.39 Å². The number of rotatable bonds is 10. The smallest absolute Gasteiger partial charge is 0.391 e. The molecule has 0 aliphatic carbocycles. The zero-order valence-corrected chi connectivity index (χ0v) is 21.5. The van der Waals surface area contributed by atoms with Crippen LogP contribution in [-0.4, -0.2) is 34.0 Å². The lowest BCUT2D eigenvalue weighted by Crippen LogP contribution is -2.17. The number of ether oxygens (including phenoxy) is 3. The van der Waals surface area contributed by atoms with Gasteiger partial charge < -0.3 is 33.1 Å². The molecular formula is C27H25FNO8P. The van der Waals surface area contributed by atoms with Gasteiger partial charge in [0, 0.05) is 11.8 Å². The van der Waals surface area contributed by atoms with E-state index < -0.39 is 25.8 Å². The number of hydrogen-bond donors (Lipinski definition) is 2. The van der Waals surface area contributed by atoms with E-state index in [-0.39, 0.29) is 40.3 Å². The summed E-state index contributed by atoms with van der Waals surface area (Å²) in [6, 6.07) is 14.9. The number of pyridine rings is 1. The van der Waals surface area contributed by atoms with Crippen LogP contribution in [0.25, 0.3) is 22.0 Å². The Morgan fingerprint density at radius 1 is 1.00 bits per heavy atom. The summed E-state index contributed by atoms with van der Waals surface area (Å²) in [5.41, 5.74) is 0.535. The van der Waals surface area contributed by atoms with Gasteiger partial charge in [-0.1, -0.05) is 19.1 Å². The number of fused-ring (bicyclic) bond motifs is 1. The lowest BCUT2D eigenvalue weighted by atomic mass is 10.0. The van der Waals surface area contributed by atoms with Crippen LogP contribution < -0.4 is 19.4 Å². The van der Waals surface area contributed by atoms with Crippen molar-refractivity contribution < 1.29 is 37.7 Å². The molecule has 9 nitrogen and oxygen atoms in total. The van der Waals surface area contributed by atoms with E-state index in [2.05, 4.69) is 0 Å². The maximum Gasteiger partial charge on any atom is 0.391 e. The predicted molar refractivity (Wildman–Crippen MR) is 140 cm³/mol. The summed E-state index contributed by atoms with van der Waals surface area (Å²) in [5.74, 6) is -0.383. The van der Waals surface area contributed by atoms with E-state index in [1.165, 1.54) is 54.3 Å². The van der Waals surface area contributed by atoms with Crippen molar-refractivity contribution in [3.8, 4) is 28.4 Å². The van der Waals surface area contributed by atoms with Crippen molar-refractivity contribution in [3.63, 3.8) is 0 Å². The molecule has 2 N–H and O–H groups in total. The minimum absolute atomic E-state index is 0.163. The Hall–Kier alpha value is -3.98. The van der Waals surface area contributed by atoms with Crippen LogP contribution in [0.2, 0.25) is 0 Å². The second-order valence-electron chi connectivity index (χ2n) is 8.12. The van der Waals surface area contributed by atoms with Gasteiger partial charge in [-0.15, -0.1) is 0 Å². The fourth-order valence-electron chi connectivity index (χ4n) is 3.83. The molecule has 0 saturated carbocycles. The normalized spacial score (nSPS) is 11.0. The lowest BCUT2D eigenvalue weighted by molar-refractivity contribution is 0.0378. The highest BCUT2D eigenvalue weighted by atomic mass is 31.2. The van der Waals surface area contributed by atoms with Crippen molar-refractivity contribution in [2.45, 2.75) is 20.1 Å². The molecule has 0 radical (unpaired) electrons. The topological polar surface area (TPSA) is 116 Å². The maximum absolute atomic E-state index is 15.1. The number of methoxy groups -OCH3 is 1. The van der Waals surface area contributed by atoms with Crippen LogP contribution in [0.1, 0.15) is 23.7 Å². The van der Waals surface area contributed by atoms with Crippen LogP contribution in [-0.2, 0) is 11.5 Å². The molecule has 38 heavy (non-hydrogen) atoms. The molecule has 0 spiro atoms. The van der Waals surface area contributed by atoms with Gasteiger partial charge in [0.25, 0.3) is 0 Å². The third kappa shape index (κ3) is 5.94. The Morgan fingerprint density at radius 2 is 1.68 bits per heavy atom. The van der Waals surface area contributed by atoms with E-state index in [0.29, 0.717) is 24.3 Å². The van der Waals surface area contributed by atoms with Gasteiger partial charge in [0.05, 0.1) is 24.7 Å². The van der Waals surface area contributed by atoms with Gasteiger partial charge >= 0.3 is 14.6 Å². The third-order valence-electron chi connectivity index (χ3n) is 5.61. The molecule has 11 heteroatoms. The summed E-state index contributed by atoms with van der Waals surface area (Å²) in [5, 5.41) is -0.186. The van der Waals surface area contributed by atoms with Crippen molar-refractivity contribution in [3.05, 3.63) is 88.5 Å². The van der Waals surface area contributed by atoms with Crippen LogP contribution in [0, 0.1) is 5.82 Å². The Kier molecular flexibility index (Phi) is 8.58. The first-order valence-corrected chi connectivity index (χ1v) is 12.7. The molecule has 0 saturated heterocycles. The first kappa shape index (κ1) is 27.1. The summed E-state index contributed by atoms with van der Waals surface area (Å²) < 4.78 is 37.8. The lowest BCUT2D eigenvalue weighted by Gasteiger charge is -2.18. The SMILES string of the molecule is CCCOc1ccc(F)c2c(=O)c(-c3ccc(OC)cc3)cn(COC(=O)c3ccc(OP(O)O)cc3)c12. The van der Waals surface area contributed by atoms with Crippen LogP contribution in [0.4, 0.5) is 4.39 Å². The van der Waals surface area contributed by atoms with E-state index in [0.717, 1.165) is 0 Å². The molecule has 3 aromatic carbocycles. The van der Waals surface area contributed by atoms with Crippen molar-refractivity contribution >= 4 is 25.5 Å². The van der Waals surface area contributed by atoms with Gasteiger partial charge in [0.1, 0.15) is 28.6 Å². The van der Waals surface area contributed by atoms with Gasteiger partial charge in [-0.3, -0.25) is 4.79 Å². The molecule has 1 heterocycles. The Bertz CT molecular complexity index is 1490. The molecule has 0 aliphatic heterocycles. The molecule has 4 aromatic rings. The average Bonchev–Trinajstić information content (AvgIpc) is 2.92. The van der Waals surface area contributed by atoms with Crippen LogP contribution in [0.15, 0.2) is 71.7 Å². The van der Waals surface area contributed by atoms with Crippen LogP contribution in [0.5, 0.6) is 17.2 Å². The van der Waals surface area contributed by atoms with Crippen LogP contribution in [0.3, 0.4) is 0 Å². The minimum atomic E-state index is -2.59. The van der Waals surface area contributed by atoms with Gasteiger partial charge in [-0.05, 0) is 60.5 Å². The first-order valence-electron chi connectivity index (χ1n) is 11.6. The summed E-state index contributed by atoms with van der Waals surface area (Å²) in [6.45, 7) is 1.91. The van der Waals surface area contributed by atoms with Gasteiger partial charge in [-0.25, -0.2) is 9.18 Å². The van der Waals surface area contributed by atoms with Gasteiger partial charge in [-0.2, -0.15) is 0 Å². The van der Waals surface area contributed by atoms with E-state index in [1.807, 2.05) is 6.92 Å². The molecule has 0 aliphatic rings. The van der Waals surface area contributed by atoms with E-state index in [4.69, 9.17) is 28.5 Å². The number of esters is 1. The number of carbonyl (C=O) groups is 1. The predicted octanol–water partition coefficient (Wildman–Crippen LogP) is 5.01. The van der Waals surface area contributed by atoms with Gasteiger partial charge in [0.15, 0.2) is 12.2 Å². The zero-order valence-electron chi connectivity index (χ0n) is 20.6. The van der Waals surface area contributed by atoms with Crippen molar-refractivity contribution in [1.82, 2.24) is 4.57 Å². The summed E-state index contributed by atoms with van der Waals surface area (Å²) in [6.07, 6.45) is 2.19. The Morgan fingerprint density at radius 3 is 2.32 bits per heavy atom. The monoisotopic (exact) mass is 541 g/mol. The number of hydrogen-bond acceptors (Lipinski definition) is 8. The number of benzene rings is 3. The highest BCUT2D eigenvalue weighted by Gasteiger charge is 2.19. The van der Waals surface area contributed by atoms with Gasteiger partial charge in [0.2, 0.25) is 0 Å². The minimum Gasteiger partial charge on any atom is -0.497 e. The number of nitrogens with zero attached hydrogens (tertiary/aromatic N) is 1. The quantitative estimate of drug-likeness (QED) is 0.213. The first-order chi connectivity index (χ1) is 18.3. The average molecular weight is 541 g/mol. The number of halogens is 1. The van der Waals surface area contributed by atoms with Crippen molar-refractivity contribution in [2.24, 2.45) is 0 Å². The molecule has 1 aromatic heterocycles. The van der Waals surface area contributed by atoms with Crippen molar-refractivity contribution in [2.75, 3.05) is 13.7 Å². The van der Waals surface area contributed by atoms with E-state index in [1.54, 1.807) is 24.3 Å². The largest absolute Gasteiger partial charge is 0.497 e. The second-order valence-corrected chi connectivity index (χ2v) is 8.81. The van der Waals surface area contributed by atoms with E-state index in [9.17, 15) is 9.59 Å². The number of aromatic nitrogens is 1. The molecule has 0 atom stereocenters. The third-order valence-corrected chi connectivity index (χ3v) is 5.98. The molecule has 198 valence electrons. The highest BCUT2D eigenvalue weighted by molar-refractivity contribution is 7.39. The second kappa shape index (κ2) is 12.0. The van der Waals surface area contributed by atoms with Crippen molar-refractivity contribution in [1.29, 1.82) is 0 Å². The molecule has 0 unspecified atom stereocenters. The zero-order chi connectivity index (χ0) is 27.2. The molecule has 4 rings (SSSR count). The molecule has 0 fully saturated rings. The Balaban J connectivity index is 1.75. The fraction of sp³-hybridized carbons (Fsp3) is 0.185. The molecule has 0 bridgehead atoms. The Labute approximate surface area is 218 Å². The number of carbonyl (C=O) groups excluding carboxylic acids is 1. The summed E-state index contributed by atoms with van der Waals surface area (Å²) >= 11 is 0. The standard InChI is InChI=1S/C27H25FNO8P/c1-3-14-35-23-13-12-22(28)24-25(23)29(15-21(26(24)30)17-4-8-19(34-2)9-5-17)16-36-27(31)18-6-10-20(11-7-18)37-38(32)33/h4-13,15,32-33H,3,14,16H2,1-2H3. The fourth-order valence-corrected chi connectivity index (χ4v) is 4.14. The molecule has 0 amide bonds. The highest BCUT2D eigenvalue weighted by Crippen LogP contribution is 2.31. The van der Waals surface area contributed by atoms with Crippen LogP contribution >= 0.6 is 8.60 Å².